The van der Waals surface area contributed by atoms with Gasteiger partial charge >= 0.3 is 0 Å². The molecule has 0 bridgehead atoms. The molecule has 0 aromatic heterocycles. The van der Waals surface area contributed by atoms with Gasteiger partial charge in [-0.25, -0.2) is 8.42 Å². The van der Waals surface area contributed by atoms with Crippen molar-refractivity contribution in [3.05, 3.63) is 58.6 Å². The van der Waals surface area contributed by atoms with E-state index in [2.05, 4.69) is 21.2 Å². The number of rotatable bonds is 10. The van der Waals surface area contributed by atoms with Crippen LogP contribution >= 0.6 is 15.9 Å². The SMILES string of the molecule is CCOc1ccccc1N(CC(=O)N(Cc1ccc(Br)cc1)[C@H](C)C(=O)NC)S(C)(=O)=O. The van der Waals surface area contributed by atoms with Crippen LogP contribution in [0, 0.1) is 0 Å². The van der Waals surface area contributed by atoms with Crippen molar-refractivity contribution in [2.45, 2.75) is 26.4 Å². The van der Waals surface area contributed by atoms with E-state index in [1.165, 1.54) is 11.9 Å². The highest BCUT2D eigenvalue weighted by atomic mass is 79.9. The predicted molar refractivity (Wildman–Crippen MR) is 128 cm³/mol. The van der Waals surface area contributed by atoms with Crippen LogP contribution in [0.25, 0.3) is 0 Å². The molecule has 0 aliphatic heterocycles. The molecule has 1 atom stereocenters. The Balaban J connectivity index is 2.41. The molecule has 0 unspecified atom stereocenters. The summed E-state index contributed by atoms with van der Waals surface area (Å²) in [5.74, 6) is -0.510. The van der Waals surface area contributed by atoms with Crippen LogP contribution < -0.4 is 14.4 Å². The van der Waals surface area contributed by atoms with E-state index in [-0.39, 0.29) is 18.1 Å². The standard InChI is InChI=1S/C22H28BrN3O5S/c1-5-31-20-9-7-6-8-19(20)26(32(4,29)30)15-21(27)25(16(2)22(28)24-3)14-17-10-12-18(23)13-11-17/h6-13,16H,5,14-15H2,1-4H3,(H,24,28)/t16-/m1/s1. The Kier molecular flexibility index (Phi) is 9.09. The first-order valence-corrected chi connectivity index (χ1v) is 12.7. The average molecular weight is 526 g/mol. The maximum Gasteiger partial charge on any atom is 0.244 e. The second-order valence-corrected chi connectivity index (χ2v) is 9.93. The zero-order valence-corrected chi connectivity index (χ0v) is 20.9. The number of sulfonamides is 1. The molecule has 2 amide bonds. The summed E-state index contributed by atoms with van der Waals surface area (Å²) in [6, 6.07) is 13.2. The van der Waals surface area contributed by atoms with Gasteiger partial charge in [-0.05, 0) is 43.7 Å². The fraction of sp³-hybridized carbons (Fsp3) is 0.364. The minimum Gasteiger partial charge on any atom is -0.492 e. The highest BCUT2D eigenvalue weighted by Crippen LogP contribution is 2.30. The fourth-order valence-corrected chi connectivity index (χ4v) is 4.23. The van der Waals surface area contributed by atoms with Crippen LogP contribution in [0.2, 0.25) is 0 Å². The highest BCUT2D eigenvalue weighted by Gasteiger charge is 2.30. The Morgan fingerprint density at radius 3 is 2.31 bits per heavy atom. The van der Waals surface area contributed by atoms with E-state index in [0.717, 1.165) is 20.6 Å². The van der Waals surface area contributed by atoms with Gasteiger partial charge in [0.05, 0.1) is 18.6 Å². The summed E-state index contributed by atoms with van der Waals surface area (Å²) in [5, 5.41) is 2.54. The maximum atomic E-state index is 13.4. The molecule has 0 saturated heterocycles. The molecule has 1 N–H and O–H groups in total. The molecular formula is C22H28BrN3O5S. The summed E-state index contributed by atoms with van der Waals surface area (Å²) in [6.45, 7) is 3.41. The smallest absolute Gasteiger partial charge is 0.244 e. The molecule has 0 spiro atoms. The van der Waals surface area contributed by atoms with Crippen molar-refractivity contribution in [2.75, 3.05) is 30.8 Å². The van der Waals surface area contributed by atoms with Crippen molar-refractivity contribution in [3.63, 3.8) is 0 Å². The average Bonchev–Trinajstić information content (AvgIpc) is 2.76. The van der Waals surface area contributed by atoms with Crippen LogP contribution in [-0.2, 0) is 26.2 Å². The van der Waals surface area contributed by atoms with Gasteiger partial charge in [0.1, 0.15) is 18.3 Å². The Labute approximate surface area is 197 Å². The number of ether oxygens (including phenoxy) is 1. The van der Waals surface area contributed by atoms with Crippen molar-refractivity contribution in [1.82, 2.24) is 10.2 Å². The third-order valence-electron chi connectivity index (χ3n) is 4.79. The number of hydrogen-bond acceptors (Lipinski definition) is 5. The molecule has 0 aliphatic rings. The minimum absolute atomic E-state index is 0.144. The van der Waals surface area contributed by atoms with Crippen LogP contribution in [0.1, 0.15) is 19.4 Å². The van der Waals surface area contributed by atoms with Gasteiger partial charge in [-0.3, -0.25) is 13.9 Å². The van der Waals surface area contributed by atoms with Gasteiger partial charge in [0.2, 0.25) is 21.8 Å². The Morgan fingerprint density at radius 2 is 1.75 bits per heavy atom. The summed E-state index contributed by atoms with van der Waals surface area (Å²) >= 11 is 3.37. The molecule has 0 radical (unpaired) electrons. The molecule has 0 fully saturated rings. The number of halogens is 1. The summed E-state index contributed by atoms with van der Waals surface area (Å²) < 4.78 is 32.7. The molecule has 2 rings (SSSR count). The molecule has 0 aliphatic carbocycles. The molecule has 174 valence electrons. The quantitative estimate of drug-likeness (QED) is 0.514. The third-order valence-corrected chi connectivity index (χ3v) is 6.45. The highest BCUT2D eigenvalue weighted by molar-refractivity contribution is 9.10. The Hall–Kier alpha value is -2.59. The normalized spacial score (nSPS) is 12.0. The second kappa shape index (κ2) is 11.3. The Bertz CT molecular complexity index is 1040. The van der Waals surface area contributed by atoms with Gasteiger partial charge in [-0.1, -0.05) is 40.2 Å². The first kappa shape index (κ1) is 25.7. The lowest BCUT2D eigenvalue weighted by Gasteiger charge is -2.31. The number of nitrogens with one attached hydrogen (secondary N) is 1. The number of carbonyl (C=O) groups is 2. The lowest BCUT2D eigenvalue weighted by atomic mass is 10.1. The van der Waals surface area contributed by atoms with Crippen molar-refractivity contribution in [1.29, 1.82) is 0 Å². The molecular weight excluding hydrogens is 498 g/mol. The van der Waals surface area contributed by atoms with Crippen molar-refractivity contribution in [3.8, 4) is 5.75 Å². The van der Waals surface area contributed by atoms with E-state index in [1.807, 2.05) is 24.3 Å². The number of carbonyl (C=O) groups excluding carboxylic acids is 2. The van der Waals surface area contributed by atoms with E-state index in [1.54, 1.807) is 38.1 Å². The number of amides is 2. The zero-order valence-electron chi connectivity index (χ0n) is 18.5. The lowest BCUT2D eigenvalue weighted by molar-refractivity contribution is -0.139. The maximum absolute atomic E-state index is 13.4. The van der Waals surface area contributed by atoms with E-state index in [9.17, 15) is 18.0 Å². The van der Waals surface area contributed by atoms with E-state index in [4.69, 9.17) is 4.74 Å². The summed E-state index contributed by atoms with van der Waals surface area (Å²) in [4.78, 5) is 27.1. The van der Waals surface area contributed by atoms with Gasteiger partial charge < -0.3 is 15.0 Å². The zero-order chi connectivity index (χ0) is 23.9. The van der Waals surface area contributed by atoms with Crippen molar-refractivity contribution < 1.29 is 22.7 Å². The van der Waals surface area contributed by atoms with Crippen LogP contribution in [0.4, 0.5) is 5.69 Å². The van der Waals surface area contributed by atoms with Crippen molar-refractivity contribution in [2.24, 2.45) is 0 Å². The van der Waals surface area contributed by atoms with E-state index >= 15 is 0 Å². The largest absolute Gasteiger partial charge is 0.492 e. The number of para-hydroxylation sites is 2. The second-order valence-electron chi connectivity index (χ2n) is 7.11. The molecule has 8 nitrogen and oxygen atoms in total. The monoisotopic (exact) mass is 525 g/mol. The summed E-state index contributed by atoms with van der Waals surface area (Å²) in [7, 11) is -2.33. The number of anilines is 1. The van der Waals surface area contributed by atoms with Crippen LogP contribution in [0.5, 0.6) is 5.75 Å². The molecule has 2 aromatic rings. The predicted octanol–water partition coefficient (Wildman–Crippen LogP) is 2.78. The minimum atomic E-state index is -3.82. The van der Waals surface area contributed by atoms with E-state index in [0.29, 0.717) is 12.4 Å². The summed E-state index contributed by atoms with van der Waals surface area (Å²) in [6.07, 6.45) is 1.03. The van der Waals surface area contributed by atoms with E-state index < -0.39 is 28.5 Å². The molecule has 2 aromatic carbocycles. The first-order chi connectivity index (χ1) is 15.1. The Morgan fingerprint density at radius 1 is 1.12 bits per heavy atom. The van der Waals surface area contributed by atoms with Gasteiger partial charge in [-0.2, -0.15) is 0 Å². The number of hydrogen-bond donors (Lipinski definition) is 1. The number of likely N-dealkylation sites (N-methyl/N-ethyl adjacent to an activating group) is 1. The van der Waals surface area contributed by atoms with Crippen LogP contribution in [0.15, 0.2) is 53.0 Å². The molecule has 10 heteroatoms. The van der Waals surface area contributed by atoms with Crippen molar-refractivity contribution >= 4 is 43.5 Å². The van der Waals surface area contributed by atoms with Gasteiger partial charge in [-0.15, -0.1) is 0 Å². The summed E-state index contributed by atoms with van der Waals surface area (Å²) in [5.41, 5.74) is 1.07. The van der Waals surface area contributed by atoms with Gasteiger partial charge in [0.15, 0.2) is 0 Å². The lowest BCUT2D eigenvalue weighted by Crippen LogP contribution is -2.50. The fourth-order valence-electron chi connectivity index (χ4n) is 3.11. The van der Waals surface area contributed by atoms with Gasteiger partial charge in [0.25, 0.3) is 0 Å². The first-order valence-electron chi connectivity index (χ1n) is 10.0. The number of nitrogens with zero attached hydrogens (tertiary/aromatic N) is 2. The topological polar surface area (TPSA) is 96.0 Å². The van der Waals surface area contributed by atoms with Crippen LogP contribution in [-0.4, -0.2) is 57.6 Å². The molecule has 0 heterocycles. The van der Waals surface area contributed by atoms with Gasteiger partial charge in [0, 0.05) is 18.1 Å². The number of benzene rings is 2. The molecule has 32 heavy (non-hydrogen) atoms. The third kappa shape index (κ3) is 6.70. The molecule has 0 saturated carbocycles. The van der Waals surface area contributed by atoms with Crippen LogP contribution in [0.3, 0.4) is 0 Å².